The van der Waals surface area contributed by atoms with Gasteiger partial charge in [0.2, 0.25) is 5.85 Å². The van der Waals surface area contributed by atoms with Gasteiger partial charge in [0, 0.05) is 6.42 Å². The highest BCUT2D eigenvalue weighted by atomic mass is 31.2. The highest BCUT2D eigenvalue weighted by Crippen LogP contribution is 2.43. The van der Waals surface area contributed by atoms with Crippen molar-refractivity contribution in [2.24, 2.45) is 5.73 Å². The van der Waals surface area contributed by atoms with Crippen molar-refractivity contribution in [2.45, 2.75) is 70.2 Å². The number of rotatable bonds is 12. The molecule has 1 amide bonds. The van der Waals surface area contributed by atoms with Gasteiger partial charge in [-0.25, -0.2) is 0 Å². The second-order valence-electron chi connectivity index (χ2n) is 5.19. The molecule has 0 radical (unpaired) electrons. The van der Waals surface area contributed by atoms with E-state index in [1.807, 2.05) is 0 Å². The maximum atomic E-state index is 11.5. The quantitative estimate of drug-likeness (QED) is 0.236. The van der Waals surface area contributed by atoms with Crippen LogP contribution in [0.4, 0.5) is 0 Å². The van der Waals surface area contributed by atoms with Crippen LogP contribution in [0.25, 0.3) is 0 Å². The van der Waals surface area contributed by atoms with E-state index in [0.29, 0.717) is 6.42 Å². The lowest BCUT2D eigenvalue weighted by molar-refractivity contribution is -0.153. The molecule has 9 heteroatoms. The number of hydrogen-bond donors (Lipinski definition) is 4. The number of aliphatic hydroxyl groups excluding tert-OH is 1. The van der Waals surface area contributed by atoms with Gasteiger partial charge in [-0.15, -0.1) is 0 Å². The van der Waals surface area contributed by atoms with Crippen LogP contribution in [0.5, 0.6) is 0 Å². The maximum Gasteiger partial charge on any atom is 0.369 e. The van der Waals surface area contributed by atoms with E-state index in [9.17, 15) is 19.3 Å². The predicted octanol–water partition coefficient (Wildman–Crippen LogP) is 1.02. The van der Waals surface area contributed by atoms with Gasteiger partial charge in [0.25, 0.3) is 5.91 Å². The lowest BCUT2D eigenvalue weighted by atomic mass is 10.1. The van der Waals surface area contributed by atoms with Gasteiger partial charge in [0.05, 0.1) is 0 Å². The SMILES string of the molecule is CCCCCCCCCC(=O)OC(C(O)C(N)=O)P(=O)(O)O. The molecule has 0 aromatic carbocycles. The van der Waals surface area contributed by atoms with Gasteiger partial charge in [-0.3, -0.25) is 14.2 Å². The monoisotopic (exact) mass is 339 g/mol. The zero-order valence-corrected chi connectivity index (χ0v) is 13.7. The third-order valence-corrected chi connectivity index (χ3v) is 4.18. The molecule has 5 N–H and O–H groups in total. The highest BCUT2D eigenvalue weighted by Gasteiger charge is 2.41. The van der Waals surface area contributed by atoms with Gasteiger partial charge in [-0.1, -0.05) is 45.4 Å². The molecule has 2 atom stereocenters. The number of unbranched alkanes of at least 4 members (excludes halogenated alkanes) is 6. The molecule has 0 aliphatic heterocycles. The molecule has 0 aliphatic rings. The van der Waals surface area contributed by atoms with Crippen molar-refractivity contribution in [3.8, 4) is 0 Å². The minimum absolute atomic E-state index is 0.0320. The molecule has 0 rings (SSSR count). The van der Waals surface area contributed by atoms with Crippen molar-refractivity contribution in [3.63, 3.8) is 0 Å². The van der Waals surface area contributed by atoms with Crippen molar-refractivity contribution in [1.29, 1.82) is 0 Å². The Kier molecular flexibility index (Phi) is 10.3. The van der Waals surface area contributed by atoms with Crippen molar-refractivity contribution in [2.75, 3.05) is 0 Å². The zero-order valence-electron chi connectivity index (χ0n) is 12.8. The van der Waals surface area contributed by atoms with E-state index in [4.69, 9.17) is 15.5 Å². The summed E-state index contributed by atoms with van der Waals surface area (Å²) in [5.74, 6) is -4.48. The first kappa shape index (κ1) is 21.0. The summed E-state index contributed by atoms with van der Waals surface area (Å²) in [4.78, 5) is 40.3. The number of aliphatic hydroxyl groups is 1. The number of carbonyl (C=O) groups excluding carboxylic acids is 2. The van der Waals surface area contributed by atoms with E-state index in [1.165, 1.54) is 6.42 Å². The van der Waals surface area contributed by atoms with Gasteiger partial charge < -0.3 is 25.4 Å². The third kappa shape index (κ3) is 9.15. The average molecular weight is 339 g/mol. The molecule has 0 fully saturated rings. The van der Waals surface area contributed by atoms with Crippen molar-refractivity contribution in [3.05, 3.63) is 0 Å². The molecular formula is C13H26NO7P. The summed E-state index contributed by atoms with van der Waals surface area (Å²) >= 11 is 0. The molecule has 0 aromatic heterocycles. The van der Waals surface area contributed by atoms with Crippen molar-refractivity contribution >= 4 is 19.5 Å². The number of hydrogen-bond acceptors (Lipinski definition) is 5. The summed E-state index contributed by atoms with van der Waals surface area (Å²) in [5, 5.41) is 9.32. The van der Waals surface area contributed by atoms with Crippen LogP contribution in [0.1, 0.15) is 58.3 Å². The molecule has 0 bridgehead atoms. The van der Waals surface area contributed by atoms with Crippen LogP contribution in [-0.4, -0.2) is 38.7 Å². The molecule has 2 unspecified atom stereocenters. The van der Waals surface area contributed by atoms with Gasteiger partial charge in [-0.05, 0) is 6.42 Å². The van der Waals surface area contributed by atoms with Crippen LogP contribution < -0.4 is 5.73 Å². The third-order valence-electron chi connectivity index (χ3n) is 3.13. The largest absolute Gasteiger partial charge is 0.446 e. The van der Waals surface area contributed by atoms with Crippen LogP contribution in [0.15, 0.2) is 0 Å². The van der Waals surface area contributed by atoms with Crippen LogP contribution in [0.3, 0.4) is 0 Å². The Morgan fingerprint density at radius 3 is 2.05 bits per heavy atom. The molecule has 0 heterocycles. The standard InChI is InChI=1S/C13H26NO7P/c1-2-3-4-5-6-7-8-9-10(15)21-13(22(18,19)20)11(16)12(14)17/h11,13,16H,2-9H2,1H3,(H2,14,17)(H2,18,19,20). The van der Waals surface area contributed by atoms with E-state index < -0.39 is 31.4 Å². The van der Waals surface area contributed by atoms with E-state index in [2.05, 4.69) is 11.7 Å². The van der Waals surface area contributed by atoms with E-state index in [0.717, 1.165) is 32.1 Å². The first-order valence-electron chi connectivity index (χ1n) is 7.42. The summed E-state index contributed by atoms with van der Waals surface area (Å²) < 4.78 is 15.7. The van der Waals surface area contributed by atoms with E-state index >= 15 is 0 Å². The Labute approximate surface area is 130 Å². The summed E-state index contributed by atoms with van der Waals surface area (Å²) in [6.07, 6.45) is 4.58. The van der Waals surface area contributed by atoms with Crippen LogP contribution in [-0.2, 0) is 18.9 Å². The predicted molar refractivity (Wildman–Crippen MR) is 79.7 cm³/mol. The fourth-order valence-electron chi connectivity index (χ4n) is 1.88. The molecule has 8 nitrogen and oxygen atoms in total. The van der Waals surface area contributed by atoms with Gasteiger partial charge in [-0.2, -0.15) is 0 Å². The first-order chi connectivity index (χ1) is 10.2. The summed E-state index contributed by atoms with van der Waals surface area (Å²) in [6, 6.07) is 0. The maximum absolute atomic E-state index is 11.5. The second kappa shape index (κ2) is 10.7. The Bertz CT molecular complexity index is 396. The molecule has 0 saturated heterocycles. The molecule has 0 spiro atoms. The minimum Gasteiger partial charge on any atom is -0.446 e. The Morgan fingerprint density at radius 1 is 1.09 bits per heavy atom. The minimum atomic E-state index is -4.99. The van der Waals surface area contributed by atoms with Gasteiger partial charge in [0.1, 0.15) is 0 Å². The van der Waals surface area contributed by atoms with Gasteiger partial charge in [0.15, 0.2) is 6.10 Å². The highest BCUT2D eigenvalue weighted by molar-refractivity contribution is 7.52. The number of nitrogens with two attached hydrogens (primary N) is 1. The Hall–Kier alpha value is -0.950. The van der Waals surface area contributed by atoms with Crippen molar-refractivity contribution in [1.82, 2.24) is 0 Å². The number of amides is 1. The number of carbonyl (C=O) groups is 2. The fourth-order valence-corrected chi connectivity index (χ4v) is 2.65. The Morgan fingerprint density at radius 2 is 1.59 bits per heavy atom. The summed E-state index contributed by atoms with van der Waals surface area (Å²) in [5.41, 5.74) is 4.77. The molecular weight excluding hydrogens is 313 g/mol. The van der Waals surface area contributed by atoms with E-state index in [1.54, 1.807) is 0 Å². The number of ether oxygens (including phenoxy) is 1. The average Bonchev–Trinajstić information content (AvgIpc) is 2.41. The Balaban J connectivity index is 4.15. The summed E-state index contributed by atoms with van der Waals surface area (Å²) in [7, 11) is -4.99. The number of primary amides is 1. The van der Waals surface area contributed by atoms with Crippen LogP contribution in [0, 0.1) is 0 Å². The van der Waals surface area contributed by atoms with Gasteiger partial charge >= 0.3 is 13.6 Å². The summed E-state index contributed by atoms with van der Waals surface area (Å²) in [6.45, 7) is 2.12. The molecule has 0 saturated carbocycles. The fraction of sp³-hybridized carbons (Fsp3) is 0.846. The smallest absolute Gasteiger partial charge is 0.369 e. The molecule has 130 valence electrons. The number of esters is 1. The van der Waals surface area contributed by atoms with Crippen LogP contribution >= 0.6 is 7.60 Å². The van der Waals surface area contributed by atoms with Crippen LogP contribution in [0.2, 0.25) is 0 Å². The zero-order chi connectivity index (χ0) is 17.2. The second-order valence-corrected chi connectivity index (χ2v) is 6.88. The molecule has 0 aromatic rings. The topological polar surface area (TPSA) is 147 Å². The molecule has 0 aliphatic carbocycles. The lowest BCUT2D eigenvalue weighted by Crippen LogP contribution is -2.41. The first-order valence-corrected chi connectivity index (χ1v) is 9.10. The normalized spacial score (nSPS) is 14.4. The molecule has 22 heavy (non-hydrogen) atoms. The van der Waals surface area contributed by atoms with Crippen molar-refractivity contribution < 1.29 is 33.8 Å². The lowest BCUT2D eigenvalue weighted by Gasteiger charge is -2.21. The van der Waals surface area contributed by atoms with E-state index in [-0.39, 0.29) is 6.42 Å².